The van der Waals surface area contributed by atoms with Crippen molar-refractivity contribution < 1.29 is 33.1 Å². The fraction of sp³-hybridized carbons (Fsp3) is 0.429. The van der Waals surface area contributed by atoms with Gasteiger partial charge in [-0.1, -0.05) is 49.7 Å². The van der Waals surface area contributed by atoms with Crippen LogP contribution in [0.1, 0.15) is 56.6 Å². The number of halogens is 1. The summed E-state index contributed by atoms with van der Waals surface area (Å²) in [6.07, 6.45) is -1.71. The molecule has 1 amide bonds. The number of benzene rings is 2. The summed E-state index contributed by atoms with van der Waals surface area (Å²) in [7, 11) is 3.11. The van der Waals surface area contributed by atoms with E-state index in [4.69, 9.17) is 35.1 Å². The van der Waals surface area contributed by atoms with Gasteiger partial charge in [0.25, 0.3) is 11.8 Å². The lowest BCUT2D eigenvalue weighted by atomic mass is 9.94. The molecule has 0 fully saturated rings. The van der Waals surface area contributed by atoms with Gasteiger partial charge in [0, 0.05) is 41.7 Å². The Bertz CT molecular complexity index is 1350. The molecule has 0 spiro atoms. The van der Waals surface area contributed by atoms with Gasteiger partial charge in [0.05, 0.1) is 14.2 Å². The van der Waals surface area contributed by atoms with Gasteiger partial charge in [0.1, 0.15) is 12.2 Å². The molecule has 0 saturated carbocycles. The van der Waals surface area contributed by atoms with Crippen LogP contribution in [0, 0.1) is 5.41 Å². The first kappa shape index (κ1) is 28.4. The maximum Gasteiger partial charge on any atom is 0.303 e. The summed E-state index contributed by atoms with van der Waals surface area (Å²) in [5.74, 6) is 0.634. The summed E-state index contributed by atoms with van der Waals surface area (Å²) in [5, 5.41) is 4.48. The molecule has 1 aliphatic heterocycles. The quantitative estimate of drug-likeness (QED) is 0.356. The van der Waals surface area contributed by atoms with Crippen molar-refractivity contribution in [2.75, 3.05) is 25.7 Å². The second kappa shape index (κ2) is 11.6. The van der Waals surface area contributed by atoms with Gasteiger partial charge >= 0.3 is 5.97 Å². The lowest BCUT2D eigenvalue weighted by Gasteiger charge is -2.31. The molecule has 3 aromatic rings. The number of rotatable bonds is 8. The summed E-state index contributed by atoms with van der Waals surface area (Å²) in [5.41, 5.74) is 1.83. The lowest BCUT2D eigenvalue weighted by molar-refractivity contribution is -0.143. The van der Waals surface area contributed by atoms with Crippen LogP contribution >= 0.6 is 11.6 Å². The molecule has 0 radical (unpaired) electrons. The number of anilines is 1. The highest BCUT2D eigenvalue weighted by atomic mass is 35.5. The standard InChI is InChI=1S/C28H32ClN3O7/c1-16(33)37-14-24-30-23(31-39-24)13-22-27(34)32(15-28(2,3)4)20-11-10-17(29)12-19(20)25(38-22)18-8-7-9-21(35-5)26(18)36-6/h7-12,22,25H,13-15H2,1-6H3/t22-,25-/m1/s1. The van der Waals surface area contributed by atoms with Crippen LogP contribution < -0.4 is 14.4 Å². The van der Waals surface area contributed by atoms with E-state index in [0.717, 1.165) is 0 Å². The summed E-state index contributed by atoms with van der Waals surface area (Å²) in [4.78, 5) is 31.3. The van der Waals surface area contributed by atoms with Gasteiger partial charge in [0.2, 0.25) is 0 Å². The minimum absolute atomic E-state index is 0.0214. The van der Waals surface area contributed by atoms with Crippen LogP contribution in [0.5, 0.6) is 11.5 Å². The molecular formula is C28H32ClN3O7. The van der Waals surface area contributed by atoms with Crippen molar-refractivity contribution in [3.05, 3.63) is 64.3 Å². The summed E-state index contributed by atoms with van der Waals surface area (Å²) in [6, 6.07) is 10.9. The predicted molar refractivity (Wildman–Crippen MR) is 143 cm³/mol. The zero-order valence-corrected chi connectivity index (χ0v) is 23.6. The van der Waals surface area contributed by atoms with E-state index < -0.39 is 18.2 Å². The average molecular weight is 558 g/mol. The minimum atomic E-state index is -0.987. The number of esters is 1. The SMILES string of the molecule is COc1cccc([C@H]2O[C@H](Cc3noc(COC(C)=O)n3)C(=O)N(CC(C)(C)C)c3ccc(Cl)cc32)c1OC. The number of ether oxygens (including phenoxy) is 4. The summed E-state index contributed by atoms with van der Waals surface area (Å²) < 4.78 is 28.0. The maximum absolute atomic E-state index is 14.1. The molecule has 0 unspecified atom stereocenters. The molecule has 208 valence electrons. The molecule has 0 saturated heterocycles. The smallest absolute Gasteiger partial charge is 0.303 e. The first-order valence-electron chi connectivity index (χ1n) is 12.4. The van der Waals surface area contributed by atoms with E-state index >= 15 is 0 Å². The Balaban J connectivity index is 1.82. The number of fused-ring (bicyclic) bond motifs is 1. The van der Waals surface area contributed by atoms with E-state index in [1.807, 2.05) is 18.2 Å². The third kappa shape index (κ3) is 6.51. The van der Waals surface area contributed by atoms with Crippen molar-refractivity contribution in [1.82, 2.24) is 10.1 Å². The third-order valence-corrected chi connectivity index (χ3v) is 6.27. The van der Waals surface area contributed by atoms with Crippen LogP contribution in [0.4, 0.5) is 5.69 Å². The Labute approximate surface area is 232 Å². The lowest BCUT2D eigenvalue weighted by Crippen LogP contribution is -2.44. The van der Waals surface area contributed by atoms with E-state index in [1.54, 1.807) is 37.3 Å². The average Bonchev–Trinajstić information content (AvgIpc) is 3.30. The number of methoxy groups -OCH3 is 2. The molecule has 0 N–H and O–H groups in total. The van der Waals surface area contributed by atoms with Gasteiger partial charge in [-0.2, -0.15) is 4.98 Å². The van der Waals surface area contributed by atoms with Crippen LogP contribution in [0.15, 0.2) is 40.9 Å². The molecule has 0 aliphatic carbocycles. The maximum atomic E-state index is 14.1. The van der Waals surface area contributed by atoms with Gasteiger partial charge in [-0.15, -0.1) is 0 Å². The van der Waals surface area contributed by atoms with E-state index in [2.05, 4.69) is 30.9 Å². The Kier molecular flexibility index (Phi) is 8.46. The van der Waals surface area contributed by atoms with Crippen molar-refractivity contribution in [3.8, 4) is 11.5 Å². The van der Waals surface area contributed by atoms with Crippen LogP contribution in [0.2, 0.25) is 5.02 Å². The first-order valence-corrected chi connectivity index (χ1v) is 12.8. The second-order valence-electron chi connectivity index (χ2n) is 10.4. The normalized spacial score (nSPS) is 17.4. The van der Waals surface area contributed by atoms with Crippen LogP contribution in [-0.2, 0) is 32.1 Å². The molecule has 2 heterocycles. The van der Waals surface area contributed by atoms with E-state index in [1.165, 1.54) is 6.92 Å². The van der Waals surface area contributed by atoms with Gasteiger partial charge < -0.3 is 28.4 Å². The molecule has 4 rings (SSSR count). The van der Waals surface area contributed by atoms with Crippen molar-refractivity contribution in [2.45, 2.75) is 52.9 Å². The highest BCUT2D eigenvalue weighted by Gasteiger charge is 2.40. The third-order valence-electron chi connectivity index (χ3n) is 6.03. The summed E-state index contributed by atoms with van der Waals surface area (Å²) >= 11 is 6.47. The fourth-order valence-electron chi connectivity index (χ4n) is 4.46. The van der Waals surface area contributed by atoms with Crippen molar-refractivity contribution in [2.24, 2.45) is 5.41 Å². The molecule has 39 heavy (non-hydrogen) atoms. The monoisotopic (exact) mass is 557 g/mol. The number of aromatic nitrogens is 2. The summed E-state index contributed by atoms with van der Waals surface area (Å²) in [6.45, 7) is 7.72. The largest absolute Gasteiger partial charge is 0.493 e. The van der Waals surface area contributed by atoms with E-state index in [-0.39, 0.29) is 36.1 Å². The van der Waals surface area contributed by atoms with Gasteiger partial charge in [0.15, 0.2) is 23.9 Å². The molecule has 2 aromatic carbocycles. The molecule has 11 heteroatoms. The minimum Gasteiger partial charge on any atom is -0.493 e. The van der Waals surface area contributed by atoms with E-state index in [0.29, 0.717) is 39.9 Å². The molecular weight excluding hydrogens is 526 g/mol. The fourth-order valence-corrected chi connectivity index (χ4v) is 4.64. The van der Waals surface area contributed by atoms with E-state index in [9.17, 15) is 9.59 Å². The van der Waals surface area contributed by atoms with Gasteiger partial charge in [-0.05, 0) is 29.7 Å². The van der Waals surface area contributed by atoms with Crippen molar-refractivity contribution in [1.29, 1.82) is 0 Å². The second-order valence-corrected chi connectivity index (χ2v) is 10.8. The van der Waals surface area contributed by atoms with Crippen LogP contribution in [0.3, 0.4) is 0 Å². The zero-order valence-electron chi connectivity index (χ0n) is 22.8. The highest BCUT2D eigenvalue weighted by molar-refractivity contribution is 6.30. The van der Waals surface area contributed by atoms with Crippen molar-refractivity contribution in [3.63, 3.8) is 0 Å². The van der Waals surface area contributed by atoms with Crippen LogP contribution in [0.25, 0.3) is 0 Å². The number of carbonyl (C=O) groups excluding carboxylic acids is 2. The topological polar surface area (TPSA) is 113 Å². The molecule has 2 atom stereocenters. The van der Waals surface area contributed by atoms with Crippen molar-refractivity contribution >= 4 is 29.2 Å². The molecule has 10 nitrogen and oxygen atoms in total. The van der Waals surface area contributed by atoms with Gasteiger partial charge in [-0.25, -0.2) is 0 Å². The Hall–Kier alpha value is -3.63. The number of para-hydroxylation sites is 1. The molecule has 1 aliphatic rings. The molecule has 1 aromatic heterocycles. The number of carbonyl (C=O) groups is 2. The number of amides is 1. The predicted octanol–water partition coefficient (Wildman–Crippen LogP) is 4.91. The number of hydrogen-bond donors (Lipinski definition) is 0. The Morgan fingerprint density at radius 1 is 1.13 bits per heavy atom. The van der Waals surface area contributed by atoms with Crippen LogP contribution in [-0.4, -0.2) is 48.9 Å². The number of hydrogen-bond acceptors (Lipinski definition) is 9. The first-order chi connectivity index (χ1) is 18.5. The van der Waals surface area contributed by atoms with Gasteiger partial charge in [-0.3, -0.25) is 9.59 Å². The Morgan fingerprint density at radius 3 is 2.56 bits per heavy atom. The highest BCUT2D eigenvalue weighted by Crippen LogP contribution is 2.45. The Morgan fingerprint density at radius 2 is 1.90 bits per heavy atom. The zero-order chi connectivity index (χ0) is 28.3. The number of nitrogens with zero attached hydrogens (tertiary/aromatic N) is 3. The molecule has 0 bridgehead atoms.